The number of nitrogen functional groups attached to an aromatic ring is 1. The van der Waals surface area contributed by atoms with Crippen LogP contribution in [-0.4, -0.2) is 17.5 Å². The summed E-state index contributed by atoms with van der Waals surface area (Å²) in [4.78, 5) is 2.22. The van der Waals surface area contributed by atoms with Crippen molar-refractivity contribution in [2.24, 2.45) is 0 Å². The largest absolute Gasteiger partial charge is 0.398 e. The molecule has 2 N–H and O–H groups in total. The van der Waals surface area contributed by atoms with Crippen LogP contribution in [0.5, 0.6) is 0 Å². The van der Waals surface area contributed by atoms with Crippen LogP contribution >= 0.6 is 0 Å². The van der Waals surface area contributed by atoms with E-state index in [9.17, 15) is 4.39 Å². The summed E-state index contributed by atoms with van der Waals surface area (Å²) < 4.78 is 13.1. The van der Waals surface area contributed by atoms with E-state index in [4.69, 9.17) is 11.0 Å². The molecule has 0 heterocycles. The van der Waals surface area contributed by atoms with Crippen molar-refractivity contribution in [1.82, 2.24) is 4.90 Å². The van der Waals surface area contributed by atoms with E-state index in [-0.39, 0.29) is 5.82 Å². The first-order valence-electron chi connectivity index (χ1n) is 5.85. The van der Waals surface area contributed by atoms with E-state index in [1.165, 1.54) is 25.0 Å². The van der Waals surface area contributed by atoms with Gasteiger partial charge in [0.15, 0.2) is 0 Å². The van der Waals surface area contributed by atoms with E-state index in [2.05, 4.69) is 11.0 Å². The third kappa shape index (κ3) is 3.18. The van der Waals surface area contributed by atoms with Crippen LogP contribution in [0.15, 0.2) is 18.2 Å². The van der Waals surface area contributed by atoms with Gasteiger partial charge in [-0.05, 0) is 36.6 Å². The molecule has 1 aromatic carbocycles. The molecule has 0 atom stereocenters. The average Bonchev–Trinajstić information content (AvgIpc) is 3.13. The van der Waals surface area contributed by atoms with Gasteiger partial charge < -0.3 is 5.73 Å². The molecule has 1 aliphatic rings. The van der Waals surface area contributed by atoms with Crippen molar-refractivity contribution >= 4 is 5.69 Å². The molecule has 0 amide bonds. The van der Waals surface area contributed by atoms with E-state index in [0.29, 0.717) is 24.7 Å². The predicted octanol–water partition coefficient (Wildman–Crippen LogP) is 2.29. The zero-order valence-corrected chi connectivity index (χ0v) is 9.69. The Labute approximate surface area is 101 Å². The van der Waals surface area contributed by atoms with Gasteiger partial charge in [0.05, 0.1) is 6.07 Å². The SMILES string of the molecule is N#CCCN(Cc1cc(F)ccc1N)C1CC1. The van der Waals surface area contributed by atoms with Crippen molar-refractivity contribution < 1.29 is 4.39 Å². The first-order valence-corrected chi connectivity index (χ1v) is 5.85. The maximum absolute atomic E-state index is 13.1. The molecule has 0 spiro atoms. The van der Waals surface area contributed by atoms with Gasteiger partial charge in [-0.2, -0.15) is 5.26 Å². The van der Waals surface area contributed by atoms with Crippen LogP contribution in [0.4, 0.5) is 10.1 Å². The van der Waals surface area contributed by atoms with Crippen molar-refractivity contribution in [3.8, 4) is 6.07 Å². The zero-order valence-electron chi connectivity index (χ0n) is 9.69. The molecule has 0 unspecified atom stereocenters. The number of nitrogens with zero attached hydrogens (tertiary/aromatic N) is 2. The molecule has 0 saturated heterocycles. The highest BCUT2D eigenvalue weighted by Crippen LogP contribution is 2.29. The van der Waals surface area contributed by atoms with Crippen LogP contribution in [0.1, 0.15) is 24.8 Å². The Balaban J connectivity index is 2.06. The van der Waals surface area contributed by atoms with Crippen molar-refractivity contribution in [2.75, 3.05) is 12.3 Å². The highest BCUT2D eigenvalue weighted by Gasteiger charge is 2.28. The summed E-state index contributed by atoms with van der Waals surface area (Å²) in [5.41, 5.74) is 7.26. The van der Waals surface area contributed by atoms with E-state index < -0.39 is 0 Å². The van der Waals surface area contributed by atoms with Crippen molar-refractivity contribution in [3.05, 3.63) is 29.6 Å². The van der Waals surface area contributed by atoms with Crippen LogP contribution < -0.4 is 5.73 Å². The molecule has 1 aromatic rings. The standard InChI is InChI=1S/C13H16FN3/c14-11-2-5-13(16)10(8-11)9-17(7-1-6-15)12-3-4-12/h2,5,8,12H,1,3-4,7,9,16H2. The summed E-state index contributed by atoms with van der Waals surface area (Å²) in [5, 5.41) is 8.62. The van der Waals surface area contributed by atoms with E-state index in [0.717, 1.165) is 12.1 Å². The van der Waals surface area contributed by atoms with Gasteiger partial charge >= 0.3 is 0 Å². The second kappa shape index (κ2) is 5.15. The monoisotopic (exact) mass is 233 g/mol. The van der Waals surface area contributed by atoms with Crippen molar-refractivity contribution in [3.63, 3.8) is 0 Å². The van der Waals surface area contributed by atoms with Gasteiger partial charge in [-0.3, -0.25) is 4.90 Å². The molecule has 1 saturated carbocycles. The minimum absolute atomic E-state index is 0.259. The third-order valence-corrected chi connectivity index (χ3v) is 3.05. The van der Waals surface area contributed by atoms with Crippen molar-refractivity contribution in [1.29, 1.82) is 5.26 Å². The minimum Gasteiger partial charge on any atom is -0.398 e. The Kier molecular flexibility index (Phi) is 3.60. The second-order valence-corrected chi connectivity index (χ2v) is 4.45. The molecule has 0 radical (unpaired) electrons. The number of benzene rings is 1. The van der Waals surface area contributed by atoms with E-state index >= 15 is 0 Å². The van der Waals surface area contributed by atoms with Gasteiger partial charge in [-0.1, -0.05) is 0 Å². The lowest BCUT2D eigenvalue weighted by Crippen LogP contribution is -2.27. The van der Waals surface area contributed by atoms with Crippen LogP contribution in [0.3, 0.4) is 0 Å². The maximum Gasteiger partial charge on any atom is 0.123 e. The summed E-state index contributed by atoms with van der Waals surface area (Å²) in [6.45, 7) is 1.37. The Hall–Kier alpha value is -1.60. The first kappa shape index (κ1) is 11.9. The Morgan fingerprint density at radius 1 is 1.47 bits per heavy atom. The molecule has 0 aliphatic heterocycles. The topological polar surface area (TPSA) is 53.0 Å². The Morgan fingerprint density at radius 3 is 2.88 bits per heavy atom. The average molecular weight is 233 g/mol. The molecule has 17 heavy (non-hydrogen) atoms. The maximum atomic E-state index is 13.1. The van der Waals surface area contributed by atoms with Crippen molar-refractivity contribution in [2.45, 2.75) is 31.8 Å². The second-order valence-electron chi connectivity index (χ2n) is 4.45. The summed E-state index contributed by atoms with van der Waals surface area (Å²) >= 11 is 0. The summed E-state index contributed by atoms with van der Waals surface area (Å²) in [6, 6.07) is 7.14. The van der Waals surface area contributed by atoms with Gasteiger partial charge in [0.25, 0.3) is 0 Å². The molecule has 0 aromatic heterocycles. The van der Waals surface area contributed by atoms with Crippen LogP contribution in [0, 0.1) is 17.1 Å². The predicted molar refractivity (Wildman–Crippen MR) is 64.5 cm³/mol. The van der Waals surface area contributed by atoms with Crippen LogP contribution in [0.2, 0.25) is 0 Å². The molecule has 4 heteroatoms. The lowest BCUT2D eigenvalue weighted by Gasteiger charge is -2.21. The number of nitrogens with two attached hydrogens (primary N) is 1. The van der Waals surface area contributed by atoms with Gasteiger partial charge in [0.1, 0.15) is 5.82 Å². The molecule has 3 nitrogen and oxygen atoms in total. The normalized spacial score (nSPS) is 14.9. The Morgan fingerprint density at radius 2 is 2.24 bits per heavy atom. The Bertz CT molecular complexity index is 435. The third-order valence-electron chi connectivity index (χ3n) is 3.05. The van der Waals surface area contributed by atoms with E-state index in [1.807, 2.05) is 0 Å². The molecular weight excluding hydrogens is 217 g/mol. The van der Waals surface area contributed by atoms with Crippen LogP contribution in [-0.2, 0) is 6.54 Å². The van der Waals surface area contributed by atoms with Crippen LogP contribution in [0.25, 0.3) is 0 Å². The first-order chi connectivity index (χ1) is 8.20. The molecular formula is C13H16FN3. The molecule has 90 valence electrons. The lowest BCUT2D eigenvalue weighted by atomic mass is 10.1. The van der Waals surface area contributed by atoms with Gasteiger partial charge in [0.2, 0.25) is 0 Å². The molecule has 1 aliphatic carbocycles. The number of nitriles is 1. The summed E-state index contributed by atoms with van der Waals surface area (Å²) in [6.07, 6.45) is 2.84. The van der Waals surface area contributed by atoms with Gasteiger partial charge in [-0.15, -0.1) is 0 Å². The highest BCUT2D eigenvalue weighted by atomic mass is 19.1. The minimum atomic E-state index is -0.259. The van der Waals surface area contributed by atoms with Gasteiger partial charge in [-0.25, -0.2) is 4.39 Å². The summed E-state index contributed by atoms with van der Waals surface area (Å²) in [7, 11) is 0. The van der Waals surface area contributed by atoms with E-state index in [1.54, 1.807) is 6.07 Å². The zero-order chi connectivity index (χ0) is 12.3. The number of rotatable bonds is 5. The molecule has 1 fully saturated rings. The highest BCUT2D eigenvalue weighted by molar-refractivity contribution is 5.46. The smallest absolute Gasteiger partial charge is 0.123 e. The van der Waals surface area contributed by atoms with Gasteiger partial charge in [0, 0.05) is 31.2 Å². The lowest BCUT2D eigenvalue weighted by molar-refractivity contribution is 0.261. The fraction of sp³-hybridized carbons (Fsp3) is 0.462. The fourth-order valence-corrected chi connectivity index (χ4v) is 1.95. The fourth-order valence-electron chi connectivity index (χ4n) is 1.95. The quantitative estimate of drug-likeness (QED) is 0.794. The summed E-state index contributed by atoms with van der Waals surface area (Å²) in [5.74, 6) is -0.259. The molecule has 2 rings (SSSR count). The number of halogens is 1. The number of hydrogen-bond donors (Lipinski definition) is 1. The number of hydrogen-bond acceptors (Lipinski definition) is 3. The number of anilines is 1. The molecule has 0 bridgehead atoms.